The molecule has 0 saturated carbocycles. The summed E-state index contributed by atoms with van der Waals surface area (Å²) < 4.78 is 10.5. The van der Waals surface area contributed by atoms with Crippen molar-refractivity contribution in [3.8, 4) is 39.5 Å². The van der Waals surface area contributed by atoms with Crippen molar-refractivity contribution in [2.45, 2.75) is 19.3 Å². The van der Waals surface area contributed by atoms with Gasteiger partial charge in [0.2, 0.25) is 0 Å². The molecule has 1 aromatic heterocycles. The fourth-order valence-electron chi connectivity index (χ4n) is 5.08. The third-order valence-corrected chi connectivity index (χ3v) is 6.74. The van der Waals surface area contributed by atoms with Crippen LogP contribution in [0.3, 0.4) is 0 Å². The summed E-state index contributed by atoms with van der Waals surface area (Å²) in [6.07, 6.45) is 5.46. The van der Waals surface area contributed by atoms with Crippen LogP contribution < -0.4 is 9.30 Å². The van der Waals surface area contributed by atoms with E-state index in [0.29, 0.717) is 0 Å². The van der Waals surface area contributed by atoms with Crippen LogP contribution in [0.2, 0.25) is 0 Å². The highest BCUT2D eigenvalue weighted by Gasteiger charge is 2.31. The first-order valence-corrected chi connectivity index (χ1v) is 11.9. The molecule has 0 fully saturated rings. The Morgan fingerprint density at radius 2 is 1.35 bits per heavy atom. The van der Waals surface area contributed by atoms with Crippen LogP contribution in [-0.4, -0.2) is 11.7 Å². The molecule has 5 aromatic rings. The number of ether oxygens (including phenoxy) is 1. The summed E-state index contributed by atoms with van der Waals surface area (Å²) in [7, 11) is 1.74. The fraction of sp³-hybridized carbons (Fsp3) is 0.129. The summed E-state index contributed by atoms with van der Waals surface area (Å²) in [6, 6.07) is 36.5. The maximum Gasteiger partial charge on any atom is 0.267 e. The summed E-state index contributed by atoms with van der Waals surface area (Å²) in [4.78, 5) is 0. The van der Waals surface area contributed by atoms with Crippen molar-refractivity contribution in [2.75, 3.05) is 7.11 Å². The number of nitrogens with zero attached hydrogens (tertiary/aromatic N) is 2. The van der Waals surface area contributed by atoms with Gasteiger partial charge in [0.25, 0.3) is 5.82 Å². The molecule has 6 rings (SSSR count). The normalized spacial score (nSPS) is 12.5. The fourth-order valence-corrected chi connectivity index (χ4v) is 5.08. The lowest BCUT2D eigenvalue weighted by Gasteiger charge is -2.08. The van der Waals surface area contributed by atoms with E-state index < -0.39 is 0 Å². The van der Waals surface area contributed by atoms with Crippen LogP contribution >= 0.6 is 0 Å². The van der Waals surface area contributed by atoms with E-state index in [1.807, 2.05) is 12.1 Å². The van der Waals surface area contributed by atoms with E-state index in [9.17, 15) is 0 Å². The molecule has 2 heterocycles. The number of para-hydroxylation sites is 3. The summed E-state index contributed by atoms with van der Waals surface area (Å²) in [5, 5.41) is 0. The zero-order valence-corrected chi connectivity index (χ0v) is 19.3. The van der Waals surface area contributed by atoms with Crippen molar-refractivity contribution in [1.82, 2.24) is 4.57 Å². The van der Waals surface area contributed by atoms with E-state index in [4.69, 9.17) is 4.74 Å². The van der Waals surface area contributed by atoms with Crippen LogP contribution in [0.1, 0.15) is 17.8 Å². The molecule has 3 heteroatoms. The Labute approximate surface area is 200 Å². The number of hydrogen-bond acceptors (Lipinski definition) is 1. The van der Waals surface area contributed by atoms with E-state index in [-0.39, 0.29) is 0 Å². The molecule has 0 N–H and O–H groups in total. The van der Waals surface area contributed by atoms with Gasteiger partial charge in [-0.2, -0.15) is 9.13 Å². The molecule has 3 nitrogen and oxygen atoms in total. The summed E-state index contributed by atoms with van der Waals surface area (Å²) in [6.45, 7) is 0. The molecule has 166 valence electrons. The Balaban J connectivity index is 1.57. The molecule has 34 heavy (non-hydrogen) atoms. The van der Waals surface area contributed by atoms with Gasteiger partial charge in [-0.3, -0.25) is 0 Å². The molecule has 1 aliphatic rings. The maximum absolute atomic E-state index is 5.74. The Morgan fingerprint density at radius 1 is 0.676 bits per heavy atom. The van der Waals surface area contributed by atoms with Gasteiger partial charge in [0.05, 0.1) is 13.5 Å². The van der Waals surface area contributed by atoms with Crippen molar-refractivity contribution in [3.05, 3.63) is 121 Å². The van der Waals surface area contributed by atoms with Crippen LogP contribution in [0, 0.1) is 0 Å². The highest BCUT2D eigenvalue weighted by molar-refractivity contribution is 5.70. The summed E-state index contributed by atoms with van der Waals surface area (Å²) >= 11 is 0. The summed E-state index contributed by atoms with van der Waals surface area (Å²) in [5.41, 5.74) is 8.58. The number of imidazole rings is 1. The monoisotopic (exact) mass is 443 g/mol. The molecule has 0 radical (unpaired) electrons. The Bertz CT molecular complexity index is 1450. The minimum absolute atomic E-state index is 0.879. The van der Waals surface area contributed by atoms with Crippen molar-refractivity contribution >= 4 is 0 Å². The largest absolute Gasteiger partial charge is 0.492 e. The lowest BCUT2D eigenvalue weighted by atomic mass is 10.0. The van der Waals surface area contributed by atoms with Crippen LogP contribution in [0.15, 0.2) is 109 Å². The number of fused-ring (bicyclic) bond motifs is 3. The zero-order valence-electron chi connectivity index (χ0n) is 19.3. The average Bonchev–Trinajstić information content (AvgIpc) is 3.17. The maximum atomic E-state index is 5.74. The van der Waals surface area contributed by atoms with Crippen LogP contribution in [0.4, 0.5) is 0 Å². The quantitative estimate of drug-likeness (QED) is 0.287. The van der Waals surface area contributed by atoms with E-state index in [1.54, 1.807) is 7.11 Å². The smallest absolute Gasteiger partial charge is 0.267 e. The molecule has 1 aliphatic heterocycles. The van der Waals surface area contributed by atoms with Gasteiger partial charge in [-0.05, 0) is 59.9 Å². The zero-order chi connectivity index (χ0) is 22.9. The van der Waals surface area contributed by atoms with Gasteiger partial charge in [-0.15, -0.1) is 0 Å². The third kappa shape index (κ3) is 3.50. The number of hydrogen-bond donors (Lipinski definition) is 0. The van der Waals surface area contributed by atoms with E-state index in [2.05, 4.69) is 106 Å². The van der Waals surface area contributed by atoms with Gasteiger partial charge in [-0.1, -0.05) is 72.8 Å². The van der Waals surface area contributed by atoms with Gasteiger partial charge >= 0.3 is 0 Å². The van der Waals surface area contributed by atoms with Gasteiger partial charge < -0.3 is 4.74 Å². The first-order chi connectivity index (χ1) is 16.8. The summed E-state index contributed by atoms with van der Waals surface area (Å²) in [5.74, 6) is 2.15. The van der Waals surface area contributed by atoms with Crippen molar-refractivity contribution < 1.29 is 9.30 Å². The average molecular weight is 444 g/mol. The van der Waals surface area contributed by atoms with Crippen molar-refractivity contribution in [2.24, 2.45) is 0 Å². The first-order valence-electron chi connectivity index (χ1n) is 11.9. The second-order valence-electron chi connectivity index (χ2n) is 8.73. The number of aryl methyl sites for hydroxylation is 1. The third-order valence-electron chi connectivity index (χ3n) is 6.74. The van der Waals surface area contributed by atoms with Crippen molar-refractivity contribution in [3.63, 3.8) is 0 Å². The second kappa shape index (κ2) is 8.68. The van der Waals surface area contributed by atoms with Crippen LogP contribution in [0.5, 0.6) is 5.75 Å². The minimum Gasteiger partial charge on any atom is -0.492 e. The highest BCUT2D eigenvalue weighted by atomic mass is 16.5. The van der Waals surface area contributed by atoms with Gasteiger partial charge in [0.1, 0.15) is 11.9 Å². The number of methoxy groups -OCH3 is 1. The topological polar surface area (TPSA) is 18.0 Å². The highest BCUT2D eigenvalue weighted by Crippen LogP contribution is 2.33. The first kappa shape index (κ1) is 20.5. The molecule has 0 bridgehead atoms. The van der Waals surface area contributed by atoms with Crippen molar-refractivity contribution in [1.29, 1.82) is 0 Å². The van der Waals surface area contributed by atoms with Gasteiger partial charge in [-0.25, -0.2) is 0 Å². The predicted octanol–water partition coefficient (Wildman–Crippen LogP) is 6.59. The lowest BCUT2D eigenvalue weighted by molar-refractivity contribution is -0.603. The van der Waals surface area contributed by atoms with Crippen LogP contribution in [0.25, 0.3) is 33.8 Å². The number of aromatic nitrogens is 2. The SMILES string of the molecule is COc1ccccc1-[n+]1cc(-c2ccc(-c3ccccc3)cc2)n2c1CCCc1ccccc1-2. The molecule has 0 spiro atoms. The van der Waals surface area contributed by atoms with E-state index in [1.165, 1.54) is 39.5 Å². The molecular weight excluding hydrogens is 416 g/mol. The predicted molar refractivity (Wildman–Crippen MR) is 137 cm³/mol. The van der Waals surface area contributed by atoms with Crippen LogP contribution in [-0.2, 0) is 12.8 Å². The Morgan fingerprint density at radius 3 is 2.18 bits per heavy atom. The minimum atomic E-state index is 0.879. The molecule has 4 aromatic carbocycles. The second-order valence-corrected chi connectivity index (χ2v) is 8.73. The molecule has 0 atom stereocenters. The number of benzene rings is 4. The van der Waals surface area contributed by atoms with E-state index in [0.717, 1.165) is 30.7 Å². The Hall–Kier alpha value is -4.11. The molecule has 0 amide bonds. The molecule has 0 unspecified atom stereocenters. The number of rotatable bonds is 4. The molecule has 0 aliphatic carbocycles. The van der Waals surface area contributed by atoms with E-state index >= 15 is 0 Å². The molecular formula is C31H27N2O+. The Kier molecular flexibility index (Phi) is 5.23. The van der Waals surface area contributed by atoms with Gasteiger partial charge in [0.15, 0.2) is 17.1 Å². The van der Waals surface area contributed by atoms with Gasteiger partial charge in [0, 0.05) is 5.56 Å². The standard InChI is InChI=1S/C31H27N2O/c1-34-30-16-8-7-15-28(30)32-22-29(26-20-18-24(19-21-26)23-10-3-2-4-11-23)33-27-14-6-5-12-25(27)13-9-17-31(32)33/h2-8,10-12,14-16,18-22H,9,13,17H2,1H3/q+1. The lowest BCUT2D eigenvalue weighted by Crippen LogP contribution is -2.34. The molecule has 0 saturated heterocycles.